The second-order valence-electron chi connectivity index (χ2n) is 4.82. The van der Waals surface area contributed by atoms with Gasteiger partial charge in [-0.2, -0.15) is 0 Å². The molecule has 0 amide bonds. The van der Waals surface area contributed by atoms with E-state index < -0.39 is 0 Å². The van der Waals surface area contributed by atoms with Crippen molar-refractivity contribution in [2.75, 3.05) is 17.7 Å². The Morgan fingerprint density at radius 2 is 1.87 bits per heavy atom. The lowest BCUT2D eigenvalue weighted by atomic mass is 10.2. The molecule has 0 unspecified atom stereocenters. The van der Waals surface area contributed by atoms with Crippen LogP contribution in [-0.2, 0) is 0 Å². The van der Waals surface area contributed by atoms with Gasteiger partial charge in [0, 0.05) is 23.2 Å². The predicted octanol–water partition coefficient (Wildman–Crippen LogP) is 4.71. The fraction of sp³-hybridized carbons (Fsp3) is 0.0588. The van der Waals surface area contributed by atoms with Gasteiger partial charge in [-0.15, -0.1) is 0 Å². The fourth-order valence-corrected chi connectivity index (χ4v) is 2.64. The van der Waals surface area contributed by atoms with Gasteiger partial charge in [0.05, 0.1) is 17.6 Å². The molecule has 6 heteroatoms. The minimum atomic E-state index is 0.446. The van der Waals surface area contributed by atoms with E-state index in [4.69, 9.17) is 28.6 Å². The second kappa shape index (κ2) is 6.81. The van der Waals surface area contributed by atoms with Crippen LogP contribution in [0.4, 0.5) is 11.5 Å². The van der Waals surface area contributed by atoms with Gasteiger partial charge in [-0.05, 0) is 36.5 Å². The number of thiocarbonyl (C=S) groups is 1. The molecule has 0 atom stereocenters. The molecule has 1 heterocycles. The Morgan fingerprint density at radius 1 is 1.09 bits per heavy atom. The molecule has 0 aliphatic carbocycles. The van der Waals surface area contributed by atoms with E-state index in [9.17, 15) is 0 Å². The molecule has 4 nitrogen and oxygen atoms in total. The average Bonchev–Trinajstić information content (AvgIpc) is 2.55. The summed E-state index contributed by atoms with van der Waals surface area (Å²) in [5.74, 6) is 1.30. The summed E-state index contributed by atoms with van der Waals surface area (Å²) in [5.41, 5.74) is 1.64. The summed E-state index contributed by atoms with van der Waals surface area (Å²) in [6.07, 6.45) is 0. The zero-order valence-corrected chi connectivity index (χ0v) is 13.9. The topological polar surface area (TPSA) is 46.2 Å². The molecule has 0 saturated carbocycles. The van der Waals surface area contributed by atoms with Crippen molar-refractivity contribution in [1.29, 1.82) is 0 Å². The van der Waals surface area contributed by atoms with Crippen LogP contribution in [0.1, 0.15) is 0 Å². The van der Waals surface area contributed by atoms with Gasteiger partial charge < -0.3 is 15.4 Å². The maximum Gasteiger partial charge on any atom is 0.176 e. The number of pyridine rings is 1. The molecule has 1 aromatic heterocycles. The third-order valence-electron chi connectivity index (χ3n) is 3.24. The highest BCUT2D eigenvalue weighted by atomic mass is 35.5. The fourth-order valence-electron chi connectivity index (χ4n) is 2.16. The van der Waals surface area contributed by atoms with Crippen molar-refractivity contribution in [3.63, 3.8) is 0 Å². The highest BCUT2D eigenvalue weighted by molar-refractivity contribution is 7.80. The van der Waals surface area contributed by atoms with Gasteiger partial charge in [-0.3, -0.25) is 0 Å². The number of fused-ring (bicyclic) bond motifs is 1. The summed E-state index contributed by atoms with van der Waals surface area (Å²) in [6.45, 7) is 0. The Balaban J connectivity index is 1.83. The first kappa shape index (κ1) is 15.5. The van der Waals surface area contributed by atoms with Crippen LogP contribution in [-0.4, -0.2) is 17.2 Å². The first-order valence-corrected chi connectivity index (χ1v) is 7.71. The number of hydrogen-bond donors (Lipinski definition) is 2. The van der Waals surface area contributed by atoms with Gasteiger partial charge in [0.15, 0.2) is 5.11 Å². The zero-order chi connectivity index (χ0) is 16.2. The van der Waals surface area contributed by atoms with Gasteiger partial charge in [0.2, 0.25) is 0 Å². The number of rotatable bonds is 3. The molecule has 0 bridgehead atoms. The molecule has 0 saturated heterocycles. The Kier molecular flexibility index (Phi) is 4.60. The number of hydrogen-bond acceptors (Lipinski definition) is 3. The Bertz CT molecular complexity index is 855. The van der Waals surface area contributed by atoms with E-state index in [1.54, 1.807) is 13.2 Å². The standard InChI is InChI=1S/C17H14ClN3OS/c1-22-12-7-8-13-14(18)10-16(20-15(13)9-12)21-17(23)19-11-5-3-2-4-6-11/h2-10H,1H3,(H2,19,20,21,23). The van der Waals surface area contributed by atoms with Crippen molar-refractivity contribution in [2.24, 2.45) is 0 Å². The third-order valence-corrected chi connectivity index (χ3v) is 3.76. The van der Waals surface area contributed by atoms with Crippen LogP contribution in [0.5, 0.6) is 5.75 Å². The van der Waals surface area contributed by atoms with Crippen molar-refractivity contribution in [3.05, 3.63) is 59.6 Å². The summed E-state index contributed by atoms with van der Waals surface area (Å²) in [5, 5.41) is 8.04. The summed E-state index contributed by atoms with van der Waals surface area (Å²) >= 11 is 11.6. The Labute approximate surface area is 144 Å². The number of halogens is 1. The number of benzene rings is 2. The van der Waals surface area contributed by atoms with E-state index in [-0.39, 0.29) is 0 Å². The lowest BCUT2D eigenvalue weighted by molar-refractivity contribution is 0.415. The number of anilines is 2. The Morgan fingerprint density at radius 3 is 2.61 bits per heavy atom. The number of aromatic nitrogens is 1. The van der Waals surface area contributed by atoms with Crippen molar-refractivity contribution in [2.45, 2.75) is 0 Å². The minimum absolute atomic E-state index is 0.446. The first-order chi connectivity index (χ1) is 11.2. The van der Waals surface area contributed by atoms with Gasteiger partial charge >= 0.3 is 0 Å². The first-order valence-electron chi connectivity index (χ1n) is 6.93. The van der Waals surface area contributed by atoms with Crippen molar-refractivity contribution < 1.29 is 4.74 Å². The minimum Gasteiger partial charge on any atom is -0.497 e. The molecule has 3 aromatic rings. The quantitative estimate of drug-likeness (QED) is 0.675. The van der Waals surface area contributed by atoms with Crippen molar-refractivity contribution in [3.8, 4) is 5.75 Å². The van der Waals surface area contributed by atoms with Crippen molar-refractivity contribution >= 4 is 51.3 Å². The van der Waals surface area contributed by atoms with Crippen LogP contribution in [0.3, 0.4) is 0 Å². The maximum absolute atomic E-state index is 6.32. The molecule has 0 spiro atoms. The molecule has 116 valence electrons. The highest BCUT2D eigenvalue weighted by Gasteiger charge is 2.07. The largest absolute Gasteiger partial charge is 0.497 e. The van der Waals surface area contributed by atoms with Gasteiger partial charge in [-0.25, -0.2) is 4.98 Å². The number of methoxy groups -OCH3 is 1. The smallest absolute Gasteiger partial charge is 0.176 e. The lowest BCUT2D eigenvalue weighted by Gasteiger charge is -2.11. The number of nitrogens with zero attached hydrogens (tertiary/aromatic N) is 1. The number of nitrogens with one attached hydrogen (secondary N) is 2. The van der Waals surface area contributed by atoms with Gasteiger partial charge in [-0.1, -0.05) is 29.8 Å². The van der Waals surface area contributed by atoms with E-state index in [2.05, 4.69) is 15.6 Å². The molecule has 0 radical (unpaired) electrons. The maximum atomic E-state index is 6.32. The highest BCUT2D eigenvalue weighted by Crippen LogP contribution is 2.28. The predicted molar refractivity (Wildman–Crippen MR) is 99.6 cm³/mol. The van der Waals surface area contributed by atoms with Crippen LogP contribution in [0.25, 0.3) is 10.9 Å². The summed E-state index contributed by atoms with van der Waals surface area (Å²) in [7, 11) is 1.61. The van der Waals surface area contributed by atoms with E-state index in [1.165, 1.54) is 0 Å². The van der Waals surface area contributed by atoms with E-state index >= 15 is 0 Å². The van der Waals surface area contributed by atoms with E-state index in [0.717, 1.165) is 22.3 Å². The van der Waals surface area contributed by atoms with Crippen molar-refractivity contribution in [1.82, 2.24) is 4.98 Å². The lowest BCUT2D eigenvalue weighted by Crippen LogP contribution is -2.19. The van der Waals surface area contributed by atoms with Crippen LogP contribution in [0, 0.1) is 0 Å². The summed E-state index contributed by atoms with van der Waals surface area (Å²) in [4.78, 5) is 4.52. The third kappa shape index (κ3) is 3.70. The normalized spacial score (nSPS) is 10.3. The van der Waals surface area contributed by atoms with Crippen LogP contribution in [0.2, 0.25) is 5.02 Å². The molecular weight excluding hydrogens is 330 g/mol. The molecule has 3 rings (SSSR count). The molecule has 2 aromatic carbocycles. The molecule has 2 N–H and O–H groups in total. The molecule has 0 aliphatic rings. The monoisotopic (exact) mass is 343 g/mol. The molecule has 23 heavy (non-hydrogen) atoms. The van der Waals surface area contributed by atoms with Gasteiger partial charge in [0.25, 0.3) is 0 Å². The molecule has 0 fully saturated rings. The number of para-hydroxylation sites is 1. The Hall–Kier alpha value is -2.37. The van der Waals surface area contributed by atoms with Crippen LogP contribution in [0.15, 0.2) is 54.6 Å². The molecule has 0 aliphatic heterocycles. The van der Waals surface area contributed by atoms with Gasteiger partial charge in [0.1, 0.15) is 11.6 Å². The summed E-state index contributed by atoms with van der Waals surface area (Å²) < 4.78 is 5.22. The summed E-state index contributed by atoms with van der Waals surface area (Å²) in [6, 6.07) is 17.0. The van der Waals surface area contributed by atoms with E-state index in [1.807, 2.05) is 48.5 Å². The second-order valence-corrected chi connectivity index (χ2v) is 5.63. The van der Waals surface area contributed by atoms with E-state index in [0.29, 0.717) is 16.0 Å². The van der Waals surface area contributed by atoms with Crippen LogP contribution < -0.4 is 15.4 Å². The SMILES string of the molecule is COc1ccc2c(Cl)cc(NC(=S)Nc3ccccc3)nc2c1. The number of ether oxygens (including phenoxy) is 1. The average molecular weight is 344 g/mol. The zero-order valence-electron chi connectivity index (χ0n) is 12.3. The molecular formula is C17H14ClN3OS. The van der Waals surface area contributed by atoms with Crippen LogP contribution >= 0.6 is 23.8 Å².